The van der Waals surface area contributed by atoms with E-state index >= 15 is 0 Å². The first-order valence-corrected chi connectivity index (χ1v) is 7.92. The molecule has 18 heavy (non-hydrogen) atoms. The van der Waals surface area contributed by atoms with Crippen LogP contribution in [-0.4, -0.2) is 42.0 Å². The quantitative estimate of drug-likeness (QED) is 0.809. The van der Waals surface area contributed by atoms with Gasteiger partial charge < -0.3 is 10.8 Å². The zero-order chi connectivity index (χ0) is 13.9. The molecule has 0 amide bonds. The zero-order valence-corrected chi connectivity index (χ0v) is 12.4. The maximum absolute atomic E-state index is 12.5. The molecule has 0 aliphatic rings. The molecule has 0 spiro atoms. The van der Waals surface area contributed by atoms with Crippen LogP contribution in [0, 0.1) is 6.92 Å². The van der Waals surface area contributed by atoms with Crippen LogP contribution in [0.5, 0.6) is 0 Å². The molecule has 0 aliphatic heterocycles. The molecule has 3 N–H and O–H groups in total. The molecule has 0 saturated carbocycles. The minimum absolute atomic E-state index is 0.0391. The fraction of sp³-hybridized carbons (Fsp3) is 0.700. The van der Waals surface area contributed by atoms with E-state index in [1.807, 2.05) is 0 Å². The van der Waals surface area contributed by atoms with E-state index in [9.17, 15) is 8.42 Å². The van der Waals surface area contributed by atoms with Crippen molar-refractivity contribution in [2.24, 2.45) is 0 Å². The highest BCUT2D eigenvalue weighted by atomic mass is 32.2. The highest BCUT2D eigenvalue weighted by Gasteiger charge is 2.30. The van der Waals surface area contributed by atoms with Crippen molar-refractivity contribution < 1.29 is 13.5 Å². The Kier molecular flexibility index (Phi) is 5.09. The summed E-state index contributed by atoms with van der Waals surface area (Å²) < 4.78 is 26.5. The van der Waals surface area contributed by atoms with Gasteiger partial charge in [-0.1, -0.05) is 11.3 Å². The fourth-order valence-corrected chi connectivity index (χ4v) is 4.72. The first kappa shape index (κ1) is 15.4. The van der Waals surface area contributed by atoms with E-state index in [1.165, 1.54) is 4.31 Å². The van der Waals surface area contributed by atoms with Crippen LogP contribution in [0.2, 0.25) is 0 Å². The number of nitrogens with two attached hydrogens (primary N) is 1. The van der Waals surface area contributed by atoms with Crippen molar-refractivity contribution >= 4 is 26.5 Å². The molecule has 0 aromatic carbocycles. The molecule has 1 rings (SSSR count). The van der Waals surface area contributed by atoms with Gasteiger partial charge in [0.25, 0.3) is 10.0 Å². The van der Waals surface area contributed by atoms with Crippen molar-refractivity contribution in [3.8, 4) is 0 Å². The molecule has 1 aromatic heterocycles. The molecule has 0 unspecified atom stereocenters. The summed E-state index contributed by atoms with van der Waals surface area (Å²) in [4.78, 5) is 3.94. The lowest BCUT2D eigenvalue weighted by atomic mass is 10.3. The lowest BCUT2D eigenvalue weighted by Crippen LogP contribution is -2.37. The number of nitrogens with zero attached hydrogens (tertiary/aromatic N) is 2. The van der Waals surface area contributed by atoms with E-state index in [4.69, 9.17) is 10.8 Å². The van der Waals surface area contributed by atoms with Crippen molar-refractivity contribution in [1.82, 2.24) is 9.29 Å². The van der Waals surface area contributed by atoms with Crippen molar-refractivity contribution in [1.29, 1.82) is 0 Å². The summed E-state index contributed by atoms with van der Waals surface area (Å²) >= 11 is 0.975. The summed E-state index contributed by atoms with van der Waals surface area (Å²) in [7, 11) is -3.58. The molecule has 104 valence electrons. The summed E-state index contributed by atoms with van der Waals surface area (Å²) in [5.41, 5.74) is 5.96. The topological polar surface area (TPSA) is 96.5 Å². The Balaban J connectivity index is 3.13. The molecule has 1 aromatic rings. The molecular weight excluding hydrogens is 274 g/mol. The van der Waals surface area contributed by atoms with Crippen molar-refractivity contribution in [3.05, 3.63) is 5.69 Å². The van der Waals surface area contributed by atoms with Gasteiger partial charge in [0.2, 0.25) is 0 Å². The van der Waals surface area contributed by atoms with E-state index in [-0.39, 0.29) is 28.5 Å². The Morgan fingerprint density at radius 3 is 2.50 bits per heavy atom. The van der Waals surface area contributed by atoms with Crippen LogP contribution in [0.1, 0.15) is 26.0 Å². The van der Waals surface area contributed by atoms with Gasteiger partial charge in [0.05, 0.1) is 5.69 Å². The number of sulfonamides is 1. The van der Waals surface area contributed by atoms with Gasteiger partial charge in [-0.15, -0.1) is 0 Å². The number of hydrogen-bond acceptors (Lipinski definition) is 6. The minimum atomic E-state index is -3.58. The minimum Gasteiger partial charge on any atom is -0.396 e. The number of rotatable bonds is 6. The van der Waals surface area contributed by atoms with Crippen LogP contribution in [0.25, 0.3) is 0 Å². The maximum Gasteiger partial charge on any atom is 0.254 e. The number of aliphatic hydroxyl groups excluding tert-OH is 1. The van der Waals surface area contributed by atoms with Crippen LogP contribution < -0.4 is 5.73 Å². The Bertz CT molecular complexity index is 496. The molecule has 6 nitrogen and oxygen atoms in total. The van der Waals surface area contributed by atoms with Gasteiger partial charge in [-0.2, -0.15) is 4.31 Å². The van der Waals surface area contributed by atoms with Gasteiger partial charge in [-0.05, 0) is 27.2 Å². The van der Waals surface area contributed by atoms with Crippen LogP contribution in [0.3, 0.4) is 0 Å². The molecule has 1 heterocycles. The second-order valence-corrected chi connectivity index (χ2v) is 7.33. The van der Waals surface area contributed by atoms with Gasteiger partial charge in [-0.25, -0.2) is 13.4 Å². The summed E-state index contributed by atoms with van der Waals surface area (Å²) in [6, 6.07) is -0.177. The number of thiazole rings is 1. The number of aromatic nitrogens is 1. The van der Waals surface area contributed by atoms with E-state index < -0.39 is 10.0 Å². The van der Waals surface area contributed by atoms with Crippen molar-refractivity contribution in [3.63, 3.8) is 0 Å². The monoisotopic (exact) mass is 293 g/mol. The third-order valence-corrected chi connectivity index (χ3v) is 6.07. The molecule has 0 bridgehead atoms. The average molecular weight is 293 g/mol. The first-order valence-electron chi connectivity index (χ1n) is 5.66. The van der Waals surface area contributed by atoms with Gasteiger partial charge in [-0.3, -0.25) is 0 Å². The smallest absolute Gasteiger partial charge is 0.254 e. The Hall–Kier alpha value is -0.700. The first-order chi connectivity index (χ1) is 8.30. The Labute approximate surface area is 112 Å². The van der Waals surface area contributed by atoms with Gasteiger partial charge in [0.15, 0.2) is 9.34 Å². The number of hydrogen-bond donors (Lipinski definition) is 2. The van der Waals surface area contributed by atoms with Gasteiger partial charge in [0, 0.05) is 19.2 Å². The average Bonchev–Trinajstić information content (AvgIpc) is 2.58. The van der Waals surface area contributed by atoms with Crippen LogP contribution >= 0.6 is 11.3 Å². The van der Waals surface area contributed by atoms with Crippen molar-refractivity contribution in [2.75, 3.05) is 18.9 Å². The Morgan fingerprint density at radius 1 is 1.50 bits per heavy atom. The van der Waals surface area contributed by atoms with Gasteiger partial charge >= 0.3 is 0 Å². The molecule has 0 atom stereocenters. The number of nitrogen functional groups attached to an aromatic ring is 1. The van der Waals surface area contributed by atoms with E-state index in [1.54, 1.807) is 20.8 Å². The number of aryl methyl sites for hydroxylation is 1. The SMILES string of the molecule is Cc1nc(N)sc1S(=O)(=O)N(CCCO)C(C)C. The van der Waals surface area contributed by atoms with E-state index in [0.717, 1.165) is 11.3 Å². The highest BCUT2D eigenvalue weighted by molar-refractivity contribution is 7.91. The Morgan fingerprint density at radius 2 is 2.11 bits per heavy atom. The third kappa shape index (κ3) is 3.19. The van der Waals surface area contributed by atoms with E-state index in [2.05, 4.69) is 4.98 Å². The lowest BCUT2D eigenvalue weighted by molar-refractivity contribution is 0.258. The van der Waals surface area contributed by atoms with E-state index in [0.29, 0.717) is 12.1 Å². The second-order valence-electron chi connectivity index (χ2n) is 4.21. The lowest BCUT2D eigenvalue weighted by Gasteiger charge is -2.25. The normalized spacial score (nSPS) is 12.6. The molecule has 8 heteroatoms. The predicted octanol–water partition coefficient (Wildman–Crippen LogP) is 0.815. The van der Waals surface area contributed by atoms with Crippen LogP contribution in [0.4, 0.5) is 5.13 Å². The van der Waals surface area contributed by atoms with Gasteiger partial charge in [0.1, 0.15) is 0 Å². The maximum atomic E-state index is 12.5. The standard InChI is InChI=1S/C10H19N3O3S2/c1-7(2)13(5-4-6-14)18(15,16)9-8(3)12-10(11)17-9/h7,14H,4-6H2,1-3H3,(H2,11,12). The van der Waals surface area contributed by atoms with Crippen LogP contribution in [-0.2, 0) is 10.0 Å². The zero-order valence-electron chi connectivity index (χ0n) is 10.8. The summed E-state index contributed by atoms with van der Waals surface area (Å²) in [6.45, 7) is 5.48. The molecular formula is C10H19N3O3S2. The fourth-order valence-electron chi connectivity index (χ4n) is 1.63. The molecule has 0 saturated heterocycles. The summed E-state index contributed by atoms with van der Waals surface area (Å²) in [6.07, 6.45) is 0.407. The summed E-state index contributed by atoms with van der Waals surface area (Å²) in [5, 5.41) is 9.09. The van der Waals surface area contributed by atoms with Crippen molar-refractivity contribution in [2.45, 2.75) is 37.4 Å². The highest BCUT2D eigenvalue weighted by Crippen LogP contribution is 2.29. The number of anilines is 1. The third-order valence-electron chi connectivity index (χ3n) is 2.43. The summed E-state index contributed by atoms with van der Waals surface area (Å²) in [5.74, 6) is 0. The predicted molar refractivity (Wildman–Crippen MR) is 72.0 cm³/mol. The molecule has 0 radical (unpaired) electrons. The molecule has 0 fully saturated rings. The second kappa shape index (κ2) is 5.96. The number of aliphatic hydroxyl groups is 1. The van der Waals surface area contributed by atoms with Crippen LogP contribution in [0.15, 0.2) is 4.21 Å². The molecule has 0 aliphatic carbocycles. The largest absolute Gasteiger partial charge is 0.396 e.